The fourth-order valence-electron chi connectivity index (χ4n) is 3.41. The first-order valence-corrected chi connectivity index (χ1v) is 9.89. The standard InChI is InChI=1S/C16H24N4O3S/c17-24(22,23)15-11-13(10-12-2-1-3-14(12)15)16(21)19-6-9-20-7-4-18-5-8-20/h10-11,18H,1-9H2,(H,19,21)(H2,17,22,23). The Labute approximate surface area is 142 Å². The van der Waals surface area contributed by atoms with Gasteiger partial charge in [-0.15, -0.1) is 0 Å². The molecule has 0 saturated carbocycles. The fraction of sp³-hybridized carbons (Fsp3) is 0.562. The smallest absolute Gasteiger partial charge is 0.251 e. The van der Waals surface area contributed by atoms with Gasteiger partial charge in [-0.05, 0) is 42.5 Å². The number of carbonyl (C=O) groups is 1. The summed E-state index contributed by atoms with van der Waals surface area (Å²) in [6, 6.07) is 3.22. The van der Waals surface area contributed by atoms with Crippen LogP contribution in [0.25, 0.3) is 0 Å². The number of fused-ring (bicyclic) bond motifs is 1. The second kappa shape index (κ2) is 7.18. The molecule has 0 unspecified atom stereocenters. The van der Waals surface area contributed by atoms with Crippen molar-refractivity contribution in [1.82, 2.24) is 15.5 Å². The molecular weight excluding hydrogens is 328 g/mol. The van der Waals surface area contributed by atoms with Crippen molar-refractivity contribution in [3.8, 4) is 0 Å². The molecule has 1 aromatic carbocycles. The Hall–Kier alpha value is -1.48. The summed E-state index contributed by atoms with van der Waals surface area (Å²) in [7, 11) is -3.82. The molecule has 1 saturated heterocycles. The Bertz CT molecular complexity index is 727. The van der Waals surface area contributed by atoms with Crippen LogP contribution in [-0.2, 0) is 22.9 Å². The van der Waals surface area contributed by atoms with Crippen molar-refractivity contribution >= 4 is 15.9 Å². The van der Waals surface area contributed by atoms with Crippen molar-refractivity contribution in [1.29, 1.82) is 0 Å². The molecular formula is C16H24N4O3S. The molecule has 4 N–H and O–H groups in total. The average molecular weight is 352 g/mol. The van der Waals surface area contributed by atoms with Crippen LogP contribution in [0.4, 0.5) is 0 Å². The number of primary sulfonamides is 1. The van der Waals surface area contributed by atoms with E-state index in [9.17, 15) is 13.2 Å². The van der Waals surface area contributed by atoms with Crippen LogP contribution in [0.3, 0.4) is 0 Å². The van der Waals surface area contributed by atoms with Crippen molar-refractivity contribution in [3.05, 3.63) is 28.8 Å². The first-order chi connectivity index (χ1) is 11.4. The Morgan fingerprint density at radius 1 is 1.25 bits per heavy atom. The maximum absolute atomic E-state index is 12.4. The predicted octanol–water partition coefficient (Wildman–Crippen LogP) is -0.542. The number of carbonyl (C=O) groups excluding carboxylic acids is 1. The van der Waals surface area contributed by atoms with Crippen molar-refractivity contribution in [3.63, 3.8) is 0 Å². The van der Waals surface area contributed by atoms with Crippen molar-refractivity contribution < 1.29 is 13.2 Å². The molecule has 1 aliphatic heterocycles. The highest BCUT2D eigenvalue weighted by molar-refractivity contribution is 7.89. The number of hydrogen-bond donors (Lipinski definition) is 3. The lowest BCUT2D eigenvalue weighted by Gasteiger charge is -2.27. The molecule has 1 aliphatic carbocycles. The number of aryl methyl sites for hydroxylation is 1. The van der Waals surface area contributed by atoms with Crippen LogP contribution in [-0.4, -0.2) is 58.5 Å². The van der Waals surface area contributed by atoms with Gasteiger partial charge >= 0.3 is 0 Å². The van der Waals surface area contributed by atoms with Gasteiger partial charge in [0.1, 0.15) is 0 Å². The van der Waals surface area contributed by atoms with Gasteiger partial charge in [-0.25, -0.2) is 13.6 Å². The molecule has 7 nitrogen and oxygen atoms in total. The third kappa shape index (κ3) is 3.94. The number of nitrogens with one attached hydrogen (secondary N) is 2. The van der Waals surface area contributed by atoms with E-state index in [1.165, 1.54) is 6.07 Å². The second-order valence-electron chi connectivity index (χ2n) is 6.36. The Balaban J connectivity index is 1.68. The zero-order valence-corrected chi connectivity index (χ0v) is 14.5. The second-order valence-corrected chi connectivity index (χ2v) is 7.89. The summed E-state index contributed by atoms with van der Waals surface area (Å²) in [6.07, 6.45) is 2.39. The highest BCUT2D eigenvalue weighted by Crippen LogP contribution is 2.29. The summed E-state index contributed by atoms with van der Waals surface area (Å²) in [4.78, 5) is 14.8. The van der Waals surface area contributed by atoms with E-state index in [1.807, 2.05) is 0 Å². The summed E-state index contributed by atoms with van der Waals surface area (Å²) < 4.78 is 23.6. The zero-order chi connectivity index (χ0) is 17.2. The number of sulfonamides is 1. The lowest BCUT2D eigenvalue weighted by atomic mass is 10.1. The van der Waals surface area contributed by atoms with E-state index in [2.05, 4.69) is 15.5 Å². The van der Waals surface area contributed by atoms with Crippen LogP contribution in [0.1, 0.15) is 27.9 Å². The highest BCUT2D eigenvalue weighted by Gasteiger charge is 2.24. The lowest BCUT2D eigenvalue weighted by Crippen LogP contribution is -2.46. The molecule has 1 fully saturated rings. The summed E-state index contributed by atoms with van der Waals surface area (Å²) in [5.74, 6) is -0.246. The normalized spacial score (nSPS) is 18.4. The quantitative estimate of drug-likeness (QED) is 0.660. The molecule has 132 valence electrons. The maximum Gasteiger partial charge on any atom is 0.251 e. The van der Waals surface area contributed by atoms with Gasteiger partial charge in [0.05, 0.1) is 4.90 Å². The van der Waals surface area contributed by atoms with E-state index in [-0.39, 0.29) is 10.8 Å². The van der Waals surface area contributed by atoms with Gasteiger partial charge in [0.2, 0.25) is 10.0 Å². The number of nitrogens with zero attached hydrogens (tertiary/aromatic N) is 1. The van der Waals surface area contributed by atoms with Crippen LogP contribution in [0.5, 0.6) is 0 Å². The molecule has 0 bridgehead atoms. The molecule has 1 heterocycles. The van der Waals surface area contributed by atoms with Gasteiger partial charge in [0.15, 0.2) is 0 Å². The number of benzene rings is 1. The van der Waals surface area contributed by atoms with E-state index in [0.29, 0.717) is 18.5 Å². The summed E-state index contributed by atoms with van der Waals surface area (Å²) in [5.41, 5.74) is 2.07. The molecule has 24 heavy (non-hydrogen) atoms. The molecule has 0 aromatic heterocycles. The monoisotopic (exact) mass is 352 g/mol. The van der Waals surface area contributed by atoms with E-state index in [4.69, 9.17) is 5.14 Å². The van der Waals surface area contributed by atoms with E-state index in [0.717, 1.165) is 56.7 Å². The first kappa shape index (κ1) is 17.3. The first-order valence-electron chi connectivity index (χ1n) is 8.35. The molecule has 3 rings (SSSR count). The van der Waals surface area contributed by atoms with Crippen molar-refractivity contribution in [2.75, 3.05) is 39.3 Å². The number of amides is 1. The van der Waals surface area contributed by atoms with Crippen LogP contribution >= 0.6 is 0 Å². The van der Waals surface area contributed by atoms with Crippen LogP contribution in [0.15, 0.2) is 17.0 Å². The Morgan fingerprint density at radius 3 is 2.71 bits per heavy atom. The Kier molecular flexibility index (Phi) is 5.19. The van der Waals surface area contributed by atoms with Gasteiger partial charge < -0.3 is 10.6 Å². The fourth-order valence-corrected chi connectivity index (χ4v) is 4.28. The molecule has 2 aliphatic rings. The molecule has 0 radical (unpaired) electrons. The average Bonchev–Trinajstić information content (AvgIpc) is 3.02. The number of nitrogens with two attached hydrogens (primary N) is 1. The largest absolute Gasteiger partial charge is 0.351 e. The van der Waals surface area contributed by atoms with Gasteiger partial charge in [0.25, 0.3) is 5.91 Å². The van der Waals surface area contributed by atoms with Crippen LogP contribution in [0.2, 0.25) is 0 Å². The van der Waals surface area contributed by atoms with Gasteiger partial charge in [-0.2, -0.15) is 0 Å². The van der Waals surface area contributed by atoms with E-state index < -0.39 is 10.0 Å². The molecule has 0 atom stereocenters. The summed E-state index contributed by atoms with van der Waals surface area (Å²) >= 11 is 0. The zero-order valence-electron chi connectivity index (χ0n) is 13.7. The maximum atomic E-state index is 12.4. The minimum atomic E-state index is -3.82. The van der Waals surface area contributed by atoms with E-state index in [1.54, 1.807) is 6.07 Å². The van der Waals surface area contributed by atoms with Crippen LogP contribution < -0.4 is 15.8 Å². The lowest BCUT2D eigenvalue weighted by molar-refractivity contribution is 0.0947. The molecule has 1 aromatic rings. The number of rotatable bonds is 5. The summed E-state index contributed by atoms with van der Waals surface area (Å²) in [5, 5.41) is 11.5. The Morgan fingerprint density at radius 2 is 2.00 bits per heavy atom. The molecule has 0 spiro atoms. The van der Waals surface area contributed by atoms with Gasteiger partial charge in [0, 0.05) is 44.8 Å². The third-order valence-corrected chi connectivity index (χ3v) is 5.64. The van der Waals surface area contributed by atoms with Crippen LogP contribution in [0, 0.1) is 0 Å². The molecule has 1 amide bonds. The van der Waals surface area contributed by atoms with Crippen molar-refractivity contribution in [2.24, 2.45) is 5.14 Å². The number of piperazine rings is 1. The predicted molar refractivity (Wildman–Crippen MR) is 91.5 cm³/mol. The van der Waals surface area contributed by atoms with Crippen molar-refractivity contribution in [2.45, 2.75) is 24.2 Å². The highest BCUT2D eigenvalue weighted by atomic mass is 32.2. The topological polar surface area (TPSA) is 105 Å². The number of hydrogen-bond acceptors (Lipinski definition) is 5. The molecule has 8 heteroatoms. The SMILES string of the molecule is NS(=O)(=O)c1cc(C(=O)NCCN2CCNCC2)cc2c1CCC2. The minimum absolute atomic E-state index is 0.102. The van der Waals surface area contributed by atoms with E-state index >= 15 is 0 Å². The third-order valence-electron chi connectivity index (χ3n) is 4.67. The summed E-state index contributed by atoms with van der Waals surface area (Å²) in [6.45, 7) is 5.22. The van der Waals surface area contributed by atoms with Gasteiger partial charge in [-0.1, -0.05) is 0 Å². The minimum Gasteiger partial charge on any atom is -0.351 e. The van der Waals surface area contributed by atoms with Gasteiger partial charge in [-0.3, -0.25) is 9.69 Å².